The van der Waals surface area contributed by atoms with Crippen molar-refractivity contribution in [2.75, 3.05) is 19.0 Å². The monoisotopic (exact) mass is 350 g/mol. The van der Waals surface area contributed by atoms with Crippen LogP contribution >= 0.6 is 11.3 Å². The van der Waals surface area contributed by atoms with E-state index in [1.807, 2.05) is 10.8 Å². The van der Waals surface area contributed by atoms with E-state index in [1.54, 1.807) is 6.07 Å². The molecule has 2 aromatic rings. The Bertz CT molecular complexity index is 744. The minimum Gasteiger partial charge on any atom is -0.495 e. The standard InChI is InChI=1S/C15H14N2O6S/c1-22-13-3-2-11(17(20)21)7-12(13)16-14(18)8-23-15(19)6-10-4-5-24-9-10/h2-5,7,9H,6,8H2,1H3,(H,16,18). The van der Waals surface area contributed by atoms with Crippen LogP contribution in [0.15, 0.2) is 35.0 Å². The van der Waals surface area contributed by atoms with Crippen LogP contribution in [0.2, 0.25) is 0 Å². The van der Waals surface area contributed by atoms with E-state index >= 15 is 0 Å². The van der Waals surface area contributed by atoms with Crippen LogP contribution in [0.3, 0.4) is 0 Å². The lowest BCUT2D eigenvalue weighted by Crippen LogP contribution is -2.21. The van der Waals surface area contributed by atoms with E-state index in [4.69, 9.17) is 9.47 Å². The van der Waals surface area contributed by atoms with Crippen LogP contribution in [-0.4, -0.2) is 30.5 Å². The van der Waals surface area contributed by atoms with E-state index in [2.05, 4.69) is 5.32 Å². The minimum atomic E-state index is -0.618. The lowest BCUT2D eigenvalue weighted by Gasteiger charge is -2.10. The van der Waals surface area contributed by atoms with Crippen molar-refractivity contribution >= 4 is 34.6 Å². The average Bonchev–Trinajstić information content (AvgIpc) is 3.05. The molecule has 0 spiro atoms. The highest BCUT2D eigenvalue weighted by Crippen LogP contribution is 2.28. The fourth-order valence-electron chi connectivity index (χ4n) is 1.85. The predicted octanol–water partition coefficient (Wildman–Crippen LogP) is 2.39. The summed E-state index contributed by atoms with van der Waals surface area (Å²) in [5.74, 6) is -0.888. The van der Waals surface area contributed by atoms with Crippen molar-refractivity contribution in [1.82, 2.24) is 0 Å². The molecule has 9 heteroatoms. The van der Waals surface area contributed by atoms with Gasteiger partial charge >= 0.3 is 5.97 Å². The number of carbonyl (C=O) groups is 2. The van der Waals surface area contributed by atoms with Crippen LogP contribution < -0.4 is 10.1 Å². The molecule has 0 aliphatic carbocycles. The van der Waals surface area contributed by atoms with E-state index in [0.29, 0.717) is 0 Å². The molecule has 1 heterocycles. The fourth-order valence-corrected chi connectivity index (χ4v) is 2.52. The van der Waals surface area contributed by atoms with Gasteiger partial charge in [-0.05, 0) is 28.5 Å². The Morgan fingerprint density at radius 1 is 1.33 bits per heavy atom. The van der Waals surface area contributed by atoms with E-state index in [-0.39, 0.29) is 23.5 Å². The number of non-ortho nitro benzene ring substituents is 1. The molecule has 0 bridgehead atoms. The Balaban J connectivity index is 1.93. The number of nitro benzene ring substituents is 1. The van der Waals surface area contributed by atoms with Crippen molar-refractivity contribution in [3.63, 3.8) is 0 Å². The Labute approximate surface area is 141 Å². The summed E-state index contributed by atoms with van der Waals surface area (Å²) >= 11 is 1.46. The molecule has 0 saturated carbocycles. The van der Waals surface area contributed by atoms with Crippen LogP contribution in [0.1, 0.15) is 5.56 Å². The summed E-state index contributed by atoms with van der Waals surface area (Å²) in [7, 11) is 1.37. The quantitative estimate of drug-likeness (QED) is 0.467. The first kappa shape index (κ1) is 17.4. The molecule has 8 nitrogen and oxygen atoms in total. The number of nitrogens with one attached hydrogen (secondary N) is 1. The van der Waals surface area contributed by atoms with Crippen molar-refractivity contribution in [2.45, 2.75) is 6.42 Å². The molecule has 0 atom stereocenters. The molecule has 0 unspecified atom stereocenters. The van der Waals surface area contributed by atoms with E-state index < -0.39 is 23.4 Å². The first-order valence-electron chi connectivity index (χ1n) is 6.78. The van der Waals surface area contributed by atoms with Crippen molar-refractivity contribution in [3.05, 3.63) is 50.7 Å². The summed E-state index contributed by atoms with van der Waals surface area (Å²) in [6, 6.07) is 5.59. The lowest BCUT2D eigenvalue weighted by molar-refractivity contribution is -0.384. The third kappa shape index (κ3) is 4.78. The highest BCUT2D eigenvalue weighted by atomic mass is 32.1. The summed E-state index contributed by atoms with van der Waals surface area (Å²) in [5, 5.41) is 16.9. The molecule has 1 amide bonds. The molecular weight excluding hydrogens is 336 g/mol. The zero-order chi connectivity index (χ0) is 17.5. The molecule has 1 aromatic carbocycles. The van der Waals surface area contributed by atoms with Gasteiger partial charge in [-0.3, -0.25) is 19.7 Å². The molecule has 24 heavy (non-hydrogen) atoms. The summed E-state index contributed by atoms with van der Waals surface area (Å²) in [6.45, 7) is -0.491. The predicted molar refractivity (Wildman–Crippen MR) is 87.3 cm³/mol. The van der Waals surface area contributed by atoms with Crippen molar-refractivity contribution in [2.24, 2.45) is 0 Å². The van der Waals surface area contributed by atoms with Gasteiger partial charge < -0.3 is 14.8 Å². The Hall–Kier alpha value is -2.94. The minimum absolute atomic E-state index is 0.0803. The number of hydrogen-bond donors (Lipinski definition) is 1. The van der Waals surface area contributed by atoms with E-state index in [1.165, 1.54) is 36.6 Å². The number of ether oxygens (including phenoxy) is 2. The summed E-state index contributed by atoms with van der Waals surface area (Å²) in [6.07, 6.45) is 0.0803. The van der Waals surface area contributed by atoms with Gasteiger partial charge in [0, 0.05) is 12.1 Å². The maximum Gasteiger partial charge on any atom is 0.310 e. The van der Waals surface area contributed by atoms with Crippen LogP contribution in [0.5, 0.6) is 5.75 Å². The van der Waals surface area contributed by atoms with E-state index in [0.717, 1.165) is 5.56 Å². The SMILES string of the molecule is COc1ccc([N+](=O)[O-])cc1NC(=O)COC(=O)Cc1ccsc1. The van der Waals surface area contributed by atoms with Crippen LogP contribution in [0, 0.1) is 10.1 Å². The number of nitro groups is 1. The molecule has 0 fully saturated rings. The van der Waals surface area contributed by atoms with Gasteiger partial charge in [0.2, 0.25) is 0 Å². The van der Waals surface area contributed by atoms with Crippen LogP contribution in [0.4, 0.5) is 11.4 Å². The zero-order valence-corrected chi connectivity index (χ0v) is 13.5. The van der Waals surface area contributed by atoms with Crippen LogP contribution in [-0.2, 0) is 20.7 Å². The average molecular weight is 350 g/mol. The fraction of sp³-hybridized carbons (Fsp3) is 0.200. The maximum atomic E-state index is 11.9. The van der Waals surface area contributed by atoms with Crippen molar-refractivity contribution in [1.29, 1.82) is 0 Å². The number of methoxy groups -OCH3 is 1. The third-order valence-electron chi connectivity index (χ3n) is 2.96. The lowest BCUT2D eigenvalue weighted by atomic mass is 10.2. The van der Waals surface area contributed by atoms with E-state index in [9.17, 15) is 19.7 Å². The largest absolute Gasteiger partial charge is 0.495 e. The summed E-state index contributed by atoms with van der Waals surface area (Å²) < 4.78 is 9.91. The van der Waals surface area contributed by atoms with Crippen molar-refractivity contribution in [3.8, 4) is 5.75 Å². The first-order chi connectivity index (χ1) is 11.5. The normalized spacial score (nSPS) is 10.0. The van der Waals surface area contributed by atoms with Gasteiger partial charge in [-0.1, -0.05) is 0 Å². The number of nitrogens with zero attached hydrogens (tertiary/aromatic N) is 1. The second-order valence-electron chi connectivity index (χ2n) is 4.66. The summed E-state index contributed by atoms with van der Waals surface area (Å²) in [5.41, 5.74) is 0.747. The molecule has 126 valence electrons. The first-order valence-corrected chi connectivity index (χ1v) is 7.73. The maximum absolute atomic E-state index is 11.9. The molecule has 0 aliphatic heterocycles. The Morgan fingerprint density at radius 3 is 2.75 bits per heavy atom. The molecule has 2 rings (SSSR count). The highest BCUT2D eigenvalue weighted by Gasteiger charge is 2.15. The second-order valence-corrected chi connectivity index (χ2v) is 5.44. The van der Waals surface area contributed by atoms with Gasteiger partial charge in [-0.15, -0.1) is 0 Å². The Morgan fingerprint density at radius 2 is 2.12 bits per heavy atom. The molecule has 1 aromatic heterocycles. The number of benzene rings is 1. The number of amides is 1. The topological polar surface area (TPSA) is 108 Å². The van der Waals surface area contributed by atoms with Gasteiger partial charge in [0.15, 0.2) is 6.61 Å². The third-order valence-corrected chi connectivity index (χ3v) is 3.69. The molecular formula is C15H14N2O6S. The number of anilines is 1. The van der Waals surface area contributed by atoms with Gasteiger partial charge in [0.1, 0.15) is 5.75 Å². The Kier molecular flexibility index (Phi) is 5.85. The number of esters is 1. The van der Waals surface area contributed by atoms with Crippen molar-refractivity contribution < 1.29 is 24.0 Å². The summed E-state index contributed by atoms with van der Waals surface area (Å²) in [4.78, 5) is 33.7. The second kappa shape index (κ2) is 8.06. The van der Waals surface area contributed by atoms with Gasteiger partial charge in [0.25, 0.3) is 11.6 Å². The number of carbonyl (C=O) groups excluding carboxylic acids is 2. The number of rotatable bonds is 7. The molecule has 1 N–H and O–H groups in total. The zero-order valence-electron chi connectivity index (χ0n) is 12.7. The molecule has 0 aliphatic rings. The smallest absolute Gasteiger partial charge is 0.310 e. The highest BCUT2D eigenvalue weighted by molar-refractivity contribution is 7.07. The number of hydrogen-bond acceptors (Lipinski definition) is 7. The number of thiophene rings is 1. The molecule has 0 saturated heterocycles. The molecule has 0 radical (unpaired) electrons. The van der Waals surface area contributed by atoms with Gasteiger partial charge in [0.05, 0.1) is 24.1 Å². The van der Waals surface area contributed by atoms with Crippen LogP contribution in [0.25, 0.3) is 0 Å². The van der Waals surface area contributed by atoms with Gasteiger partial charge in [-0.2, -0.15) is 11.3 Å². The van der Waals surface area contributed by atoms with Gasteiger partial charge in [-0.25, -0.2) is 0 Å².